The Balaban J connectivity index is 1.39. The number of hydrogen-bond acceptors (Lipinski definition) is 6. The number of aryl methyl sites for hydroxylation is 1. The first kappa shape index (κ1) is 24.1. The van der Waals surface area contributed by atoms with E-state index in [0.29, 0.717) is 26.9 Å². The zero-order valence-electron chi connectivity index (χ0n) is 23.8. The molecule has 0 radical (unpaired) electrons. The van der Waals surface area contributed by atoms with Crippen LogP contribution in [-0.2, 0) is 11.2 Å². The molecule has 2 fully saturated rings. The minimum Gasteiger partial charge on any atom is -0.462 e. The van der Waals surface area contributed by atoms with E-state index in [0.717, 1.165) is 31.8 Å². The molecule has 1 aromatic heterocycles. The fourth-order valence-electron chi connectivity index (χ4n) is 5.55. The van der Waals surface area contributed by atoms with Crippen molar-refractivity contribution < 1.29 is 17.0 Å². The molecule has 2 unspecified atom stereocenters. The predicted molar refractivity (Wildman–Crippen MR) is 147 cm³/mol. The molecule has 37 heavy (non-hydrogen) atoms. The molecule has 3 heterocycles. The lowest BCUT2D eigenvalue weighted by atomic mass is 9.87. The Morgan fingerprint density at radius 3 is 2.70 bits per heavy atom. The molecule has 3 aliphatic rings. The van der Waals surface area contributed by atoms with Crippen molar-refractivity contribution >= 4 is 29.3 Å². The zero-order chi connectivity index (χ0) is 28.1. The number of aromatic nitrogens is 1. The molecular formula is C28H36ClN3O4S. The SMILES string of the molecule is [2H]C([2H])(NC(=O)c1cc(Cl)cc2c1C(C)OC(C)(C1CCN(CC3CC3)CC1)O2)c1c(SC)cc(C)[nH]c1=O. The van der Waals surface area contributed by atoms with Gasteiger partial charge in [-0.15, -0.1) is 11.8 Å². The Bertz CT molecular complexity index is 1330. The number of nitrogens with one attached hydrogen (secondary N) is 2. The maximum atomic E-state index is 13.5. The number of benzene rings is 1. The van der Waals surface area contributed by atoms with Crippen LogP contribution in [0.25, 0.3) is 0 Å². The number of halogens is 1. The van der Waals surface area contributed by atoms with Crippen LogP contribution in [0.5, 0.6) is 5.75 Å². The highest BCUT2D eigenvalue weighted by atomic mass is 35.5. The smallest absolute Gasteiger partial charge is 0.254 e. The molecule has 1 aromatic carbocycles. The lowest BCUT2D eigenvalue weighted by Gasteiger charge is -2.46. The maximum absolute atomic E-state index is 13.5. The lowest BCUT2D eigenvalue weighted by molar-refractivity contribution is -0.250. The van der Waals surface area contributed by atoms with Crippen molar-refractivity contribution in [2.45, 2.75) is 69.7 Å². The second kappa shape index (κ2) is 10.6. The first-order valence-electron chi connectivity index (χ1n) is 13.9. The molecule has 1 aliphatic carbocycles. The number of fused-ring (bicyclic) bond motifs is 1. The average Bonchev–Trinajstić information content (AvgIpc) is 3.66. The second-order valence-electron chi connectivity index (χ2n) is 10.6. The summed E-state index contributed by atoms with van der Waals surface area (Å²) in [5.41, 5.74) is 0.547. The Kier molecular flexibility index (Phi) is 6.92. The van der Waals surface area contributed by atoms with Gasteiger partial charge in [0.15, 0.2) is 0 Å². The van der Waals surface area contributed by atoms with E-state index in [2.05, 4.69) is 15.2 Å². The lowest BCUT2D eigenvalue weighted by Crippen LogP contribution is -2.51. The average molecular weight is 548 g/mol. The molecule has 0 bridgehead atoms. The van der Waals surface area contributed by atoms with Crippen molar-refractivity contribution in [3.05, 3.63) is 56.0 Å². The highest BCUT2D eigenvalue weighted by Crippen LogP contribution is 2.46. The Hall–Kier alpha value is -2.00. The number of H-pyrrole nitrogens is 1. The van der Waals surface area contributed by atoms with Crippen LogP contribution in [0.15, 0.2) is 27.9 Å². The molecule has 9 heteroatoms. The first-order chi connectivity index (χ1) is 18.4. The van der Waals surface area contributed by atoms with Gasteiger partial charge in [-0.2, -0.15) is 0 Å². The predicted octanol–water partition coefficient (Wildman–Crippen LogP) is 5.30. The normalized spacial score (nSPS) is 25.6. The number of ether oxygens (including phenoxy) is 2. The molecule has 7 nitrogen and oxygen atoms in total. The highest BCUT2D eigenvalue weighted by molar-refractivity contribution is 7.98. The number of nitrogens with zero attached hydrogens (tertiary/aromatic N) is 1. The Morgan fingerprint density at radius 2 is 2.03 bits per heavy atom. The molecule has 2 atom stereocenters. The minimum atomic E-state index is -2.44. The molecule has 2 aromatic rings. The molecule has 1 amide bonds. The van der Waals surface area contributed by atoms with Crippen molar-refractivity contribution in [1.29, 1.82) is 0 Å². The van der Waals surface area contributed by atoms with E-state index in [9.17, 15) is 9.59 Å². The number of pyridine rings is 1. The largest absolute Gasteiger partial charge is 0.462 e. The summed E-state index contributed by atoms with van der Waals surface area (Å²) in [5.74, 6) is -0.0595. The van der Waals surface area contributed by atoms with Gasteiger partial charge in [0.2, 0.25) is 5.79 Å². The number of likely N-dealkylation sites (tertiary alicyclic amines) is 1. The fraction of sp³-hybridized carbons (Fsp3) is 0.571. The molecule has 2 N–H and O–H groups in total. The molecule has 1 saturated heterocycles. The van der Waals surface area contributed by atoms with Crippen LogP contribution < -0.4 is 15.6 Å². The van der Waals surface area contributed by atoms with Crippen LogP contribution in [0, 0.1) is 18.8 Å². The van der Waals surface area contributed by atoms with Crippen LogP contribution >= 0.6 is 23.4 Å². The molecule has 0 spiro atoms. The van der Waals surface area contributed by atoms with Gasteiger partial charge in [-0.25, -0.2) is 0 Å². The fourth-order valence-corrected chi connectivity index (χ4v) is 6.40. The van der Waals surface area contributed by atoms with Crippen molar-refractivity contribution in [2.24, 2.45) is 11.8 Å². The number of carbonyl (C=O) groups excluding carboxylic acids is 1. The van der Waals surface area contributed by atoms with Crippen molar-refractivity contribution in [1.82, 2.24) is 15.2 Å². The van der Waals surface area contributed by atoms with Gasteiger partial charge in [-0.3, -0.25) is 9.59 Å². The summed E-state index contributed by atoms with van der Waals surface area (Å²) in [5, 5.41) is 2.72. The Labute approximate surface area is 230 Å². The van der Waals surface area contributed by atoms with Crippen molar-refractivity contribution in [2.75, 3.05) is 25.9 Å². The third-order valence-electron chi connectivity index (χ3n) is 7.68. The standard InChI is InChI=1S/C28H36ClN3O4S/c1-16-11-24(37-4)22(27(34)31-16)14-30-26(33)21-12-20(29)13-23-25(21)17(2)35-28(3,36-23)19-7-9-32(10-8-19)15-18-5-6-18/h11-13,17-19H,5-10,14-15H2,1-4H3,(H,30,33)(H,31,34)/i14D2. The number of rotatable bonds is 7. The molecule has 200 valence electrons. The molecule has 1 saturated carbocycles. The number of thioether (sulfide) groups is 1. The van der Waals surface area contributed by atoms with E-state index in [1.807, 2.05) is 13.8 Å². The number of amides is 1. The van der Waals surface area contributed by atoms with Crippen LogP contribution in [-0.4, -0.2) is 47.5 Å². The van der Waals surface area contributed by atoms with E-state index in [4.69, 9.17) is 23.8 Å². The van der Waals surface area contributed by atoms with E-state index >= 15 is 0 Å². The number of piperidine rings is 1. The van der Waals surface area contributed by atoms with Crippen LogP contribution in [0.1, 0.15) is 75.6 Å². The van der Waals surface area contributed by atoms with Gasteiger partial charge in [-0.1, -0.05) is 11.6 Å². The maximum Gasteiger partial charge on any atom is 0.254 e. The van der Waals surface area contributed by atoms with Crippen molar-refractivity contribution in [3.8, 4) is 5.75 Å². The third kappa shape index (κ3) is 5.72. The summed E-state index contributed by atoms with van der Waals surface area (Å²) >= 11 is 7.69. The molecule has 2 aliphatic heterocycles. The van der Waals surface area contributed by atoms with Gasteiger partial charge in [0, 0.05) is 52.6 Å². The van der Waals surface area contributed by atoms with E-state index < -0.39 is 29.9 Å². The number of hydrogen-bond donors (Lipinski definition) is 2. The zero-order valence-corrected chi connectivity index (χ0v) is 23.4. The summed E-state index contributed by atoms with van der Waals surface area (Å²) in [4.78, 5) is 31.8. The van der Waals surface area contributed by atoms with Gasteiger partial charge >= 0.3 is 0 Å². The van der Waals surface area contributed by atoms with E-state index in [-0.39, 0.29) is 17.0 Å². The van der Waals surface area contributed by atoms with Gasteiger partial charge < -0.3 is 24.7 Å². The monoisotopic (exact) mass is 547 g/mol. The van der Waals surface area contributed by atoms with Gasteiger partial charge in [0.25, 0.3) is 11.5 Å². The molecular weight excluding hydrogens is 510 g/mol. The summed E-state index contributed by atoms with van der Waals surface area (Å²) in [6.07, 6.45) is 5.88. The second-order valence-corrected chi connectivity index (χ2v) is 11.9. The van der Waals surface area contributed by atoms with Crippen LogP contribution in [0.4, 0.5) is 0 Å². The quantitative estimate of drug-likeness (QED) is 0.458. The summed E-state index contributed by atoms with van der Waals surface area (Å²) in [6.45, 7) is 6.33. The highest BCUT2D eigenvalue weighted by Gasteiger charge is 2.45. The Morgan fingerprint density at radius 1 is 1.30 bits per heavy atom. The topological polar surface area (TPSA) is 83.7 Å². The number of carbonyl (C=O) groups is 1. The van der Waals surface area contributed by atoms with Crippen LogP contribution in [0.3, 0.4) is 0 Å². The van der Waals surface area contributed by atoms with Gasteiger partial charge in [0.05, 0.1) is 14.4 Å². The first-order valence-corrected chi connectivity index (χ1v) is 14.5. The summed E-state index contributed by atoms with van der Waals surface area (Å²) in [6, 6.07) is 4.87. The number of aromatic amines is 1. The molecule has 5 rings (SSSR count). The minimum absolute atomic E-state index is 0.147. The van der Waals surface area contributed by atoms with Gasteiger partial charge in [-0.05, 0) is 83.0 Å². The van der Waals surface area contributed by atoms with E-state index in [1.54, 1.807) is 25.3 Å². The van der Waals surface area contributed by atoms with Gasteiger partial charge in [0.1, 0.15) is 5.75 Å². The van der Waals surface area contributed by atoms with E-state index in [1.165, 1.54) is 37.2 Å². The summed E-state index contributed by atoms with van der Waals surface area (Å²) < 4.78 is 30.1. The van der Waals surface area contributed by atoms with Crippen LogP contribution in [0.2, 0.25) is 5.02 Å². The van der Waals surface area contributed by atoms with Crippen molar-refractivity contribution in [3.63, 3.8) is 0 Å². The third-order valence-corrected chi connectivity index (χ3v) is 8.66. The summed E-state index contributed by atoms with van der Waals surface area (Å²) in [7, 11) is 0.